The van der Waals surface area contributed by atoms with E-state index in [2.05, 4.69) is 4.98 Å². The molecule has 0 bridgehead atoms. The van der Waals surface area contributed by atoms with Gasteiger partial charge in [-0.3, -0.25) is 9.19 Å². The first kappa shape index (κ1) is 16.9. The maximum Gasteiger partial charge on any atom is 0.410 e. The molecule has 1 aromatic rings. The highest BCUT2D eigenvalue weighted by Gasteiger charge is 2.30. The lowest BCUT2D eigenvalue weighted by Crippen LogP contribution is -2.35. The number of pyridine rings is 1. The van der Waals surface area contributed by atoms with Gasteiger partial charge in [-0.05, 0) is 44.7 Å². The fourth-order valence-electron chi connectivity index (χ4n) is 2.45. The van der Waals surface area contributed by atoms with Gasteiger partial charge in [-0.15, -0.1) is 0 Å². The van der Waals surface area contributed by atoms with Crippen LogP contribution in [0.3, 0.4) is 0 Å². The van der Waals surface area contributed by atoms with Crippen LogP contribution in [0, 0.1) is 5.92 Å². The van der Waals surface area contributed by atoms with E-state index >= 15 is 0 Å². The van der Waals surface area contributed by atoms with Crippen molar-refractivity contribution in [1.82, 2.24) is 9.88 Å². The van der Waals surface area contributed by atoms with E-state index in [1.165, 1.54) is 0 Å². The SMILES string of the molecule is CC(C)(C)OC(=O)N1CC[C@H](C[S@](=O)Cc2cccnc2)C1. The Labute approximate surface area is 134 Å². The van der Waals surface area contributed by atoms with Crippen molar-refractivity contribution in [3.63, 3.8) is 0 Å². The van der Waals surface area contributed by atoms with Gasteiger partial charge >= 0.3 is 6.09 Å². The van der Waals surface area contributed by atoms with Gasteiger partial charge in [-0.1, -0.05) is 6.07 Å². The number of aromatic nitrogens is 1. The van der Waals surface area contributed by atoms with Crippen molar-refractivity contribution in [3.8, 4) is 0 Å². The van der Waals surface area contributed by atoms with Crippen molar-refractivity contribution < 1.29 is 13.7 Å². The summed E-state index contributed by atoms with van der Waals surface area (Å²) in [5.74, 6) is 1.43. The predicted octanol–water partition coefficient (Wildman–Crippen LogP) is 2.59. The molecule has 1 aliphatic rings. The van der Waals surface area contributed by atoms with Gasteiger partial charge in [-0.25, -0.2) is 4.79 Å². The Morgan fingerprint density at radius 3 is 2.91 bits per heavy atom. The summed E-state index contributed by atoms with van der Waals surface area (Å²) >= 11 is 0. The van der Waals surface area contributed by atoms with Gasteiger partial charge in [0, 0.05) is 42.0 Å². The second-order valence-corrected chi connectivity index (χ2v) is 8.19. The predicted molar refractivity (Wildman–Crippen MR) is 86.9 cm³/mol. The molecule has 0 spiro atoms. The van der Waals surface area contributed by atoms with Crippen LogP contribution in [0.4, 0.5) is 4.79 Å². The van der Waals surface area contributed by atoms with Crippen LogP contribution in [-0.4, -0.2) is 44.6 Å². The highest BCUT2D eigenvalue weighted by Crippen LogP contribution is 2.21. The number of likely N-dealkylation sites (tertiary alicyclic amines) is 1. The maximum atomic E-state index is 12.2. The molecule has 2 heterocycles. The molecule has 1 fully saturated rings. The summed E-state index contributed by atoms with van der Waals surface area (Å²) in [5.41, 5.74) is 0.515. The van der Waals surface area contributed by atoms with E-state index in [1.807, 2.05) is 32.9 Å². The first-order chi connectivity index (χ1) is 10.3. The Morgan fingerprint density at radius 2 is 2.27 bits per heavy atom. The van der Waals surface area contributed by atoms with Gasteiger partial charge in [0.1, 0.15) is 5.60 Å². The number of ether oxygens (including phenoxy) is 1. The lowest BCUT2D eigenvalue weighted by Gasteiger charge is -2.24. The van der Waals surface area contributed by atoms with Gasteiger partial charge in [0.25, 0.3) is 0 Å². The van der Waals surface area contributed by atoms with Crippen LogP contribution in [0.15, 0.2) is 24.5 Å². The van der Waals surface area contributed by atoms with Crippen LogP contribution in [0.1, 0.15) is 32.8 Å². The van der Waals surface area contributed by atoms with Gasteiger partial charge in [0.05, 0.1) is 5.75 Å². The highest BCUT2D eigenvalue weighted by atomic mass is 32.2. The Kier molecular flexibility index (Phi) is 5.56. The van der Waals surface area contributed by atoms with Crippen molar-refractivity contribution in [2.45, 2.75) is 38.5 Å². The molecule has 22 heavy (non-hydrogen) atoms. The molecule has 1 saturated heterocycles. The number of rotatable bonds is 4. The molecule has 122 valence electrons. The molecule has 1 aliphatic heterocycles. The topological polar surface area (TPSA) is 59.5 Å². The summed E-state index contributed by atoms with van der Waals surface area (Å²) in [6.45, 7) is 6.90. The summed E-state index contributed by atoms with van der Waals surface area (Å²) < 4.78 is 17.6. The average Bonchev–Trinajstić information content (AvgIpc) is 2.86. The summed E-state index contributed by atoms with van der Waals surface area (Å²) in [6, 6.07) is 3.79. The zero-order valence-corrected chi connectivity index (χ0v) is 14.3. The molecular weight excluding hydrogens is 300 g/mol. The quantitative estimate of drug-likeness (QED) is 0.854. The minimum absolute atomic E-state index is 0.270. The van der Waals surface area contributed by atoms with E-state index in [4.69, 9.17) is 4.74 Å². The second-order valence-electron chi connectivity index (χ2n) is 6.69. The van der Waals surface area contributed by atoms with Crippen LogP contribution < -0.4 is 0 Å². The number of carbonyl (C=O) groups excluding carboxylic acids is 1. The Bertz CT molecular complexity index is 528. The number of hydrogen-bond donors (Lipinski definition) is 0. The van der Waals surface area contributed by atoms with Gasteiger partial charge in [-0.2, -0.15) is 0 Å². The van der Waals surface area contributed by atoms with Crippen molar-refractivity contribution in [1.29, 1.82) is 0 Å². The molecule has 0 radical (unpaired) electrons. The molecule has 2 atom stereocenters. The maximum absolute atomic E-state index is 12.2. The van der Waals surface area contributed by atoms with Crippen LogP contribution in [-0.2, 0) is 21.3 Å². The lowest BCUT2D eigenvalue weighted by atomic mass is 10.2. The van der Waals surface area contributed by atoms with Crippen LogP contribution in [0.5, 0.6) is 0 Å². The molecule has 5 nitrogen and oxygen atoms in total. The number of nitrogens with zero attached hydrogens (tertiary/aromatic N) is 2. The normalized spacial score (nSPS) is 20.0. The zero-order valence-electron chi connectivity index (χ0n) is 13.4. The number of carbonyl (C=O) groups is 1. The summed E-state index contributed by atoms with van der Waals surface area (Å²) in [6.07, 6.45) is 4.08. The molecule has 6 heteroatoms. The largest absolute Gasteiger partial charge is 0.444 e. The van der Waals surface area contributed by atoms with Gasteiger partial charge in [0.2, 0.25) is 0 Å². The smallest absolute Gasteiger partial charge is 0.410 e. The second kappa shape index (κ2) is 7.22. The van der Waals surface area contributed by atoms with Gasteiger partial charge in [0.15, 0.2) is 0 Å². The first-order valence-electron chi connectivity index (χ1n) is 7.55. The molecule has 0 aliphatic carbocycles. The third-order valence-corrected chi connectivity index (χ3v) is 4.91. The molecule has 0 aromatic carbocycles. The van der Waals surface area contributed by atoms with E-state index in [1.54, 1.807) is 17.3 Å². The van der Waals surface area contributed by atoms with Crippen molar-refractivity contribution in [2.75, 3.05) is 18.8 Å². The Hall–Kier alpha value is -1.43. The molecule has 1 aromatic heterocycles. The Morgan fingerprint density at radius 1 is 1.50 bits per heavy atom. The van der Waals surface area contributed by atoms with Crippen LogP contribution >= 0.6 is 0 Å². The zero-order chi connectivity index (χ0) is 16.2. The monoisotopic (exact) mass is 324 g/mol. The average molecular weight is 324 g/mol. The first-order valence-corrected chi connectivity index (χ1v) is 9.04. The van der Waals surface area contributed by atoms with Crippen molar-refractivity contribution >= 4 is 16.9 Å². The van der Waals surface area contributed by atoms with E-state index in [0.717, 1.165) is 12.0 Å². The number of hydrogen-bond acceptors (Lipinski definition) is 4. The molecule has 0 unspecified atom stereocenters. The van der Waals surface area contributed by atoms with Crippen LogP contribution in [0.25, 0.3) is 0 Å². The highest BCUT2D eigenvalue weighted by molar-refractivity contribution is 7.84. The van der Waals surface area contributed by atoms with E-state index in [9.17, 15) is 9.00 Å². The Balaban J connectivity index is 1.79. The minimum atomic E-state index is -0.927. The fraction of sp³-hybridized carbons (Fsp3) is 0.625. The van der Waals surface area contributed by atoms with E-state index in [-0.39, 0.29) is 12.0 Å². The fourth-order valence-corrected chi connectivity index (χ4v) is 3.91. The minimum Gasteiger partial charge on any atom is -0.444 e. The standard InChI is InChI=1S/C16H24N2O3S/c1-16(2,3)21-15(19)18-8-6-14(10-18)12-22(20)11-13-5-4-7-17-9-13/h4-5,7,9,14H,6,8,10-12H2,1-3H3/t14-,22+/m0/s1. The summed E-state index contributed by atoms with van der Waals surface area (Å²) in [5, 5.41) is 0. The molecule has 1 amide bonds. The van der Waals surface area contributed by atoms with Crippen molar-refractivity contribution in [3.05, 3.63) is 30.1 Å². The molecule has 0 saturated carbocycles. The summed E-state index contributed by atoms with van der Waals surface area (Å²) in [7, 11) is -0.927. The third-order valence-electron chi connectivity index (χ3n) is 3.41. The van der Waals surface area contributed by atoms with E-state index < -0.39 is 16.4 Å². The summed E-state index contributed by atoms with van der Waals surface area (Å²) in [4.78, 5) is 17.8. The number of amides is 1. The lowest BCUT2D eigenvalue weighted by molar-refractivity contribution is 0.0289. The molecule has 0 N–H and O–H groups in total. The van der Waals surface area contributed by atoms with E-state index in [0.29, 0.717) is 24.6 Å². The van der Waals surface area contributed by atoms with Crippen LogP contribution in [0.2, 0.25) is 0 Å². The van der Waals surface area contributed by atoms with Gasteiger partial charge < -0.3 is 9.64 Å². The third kappa shape index (κ3) is 5.40. The van der Waals surface area contributed by atoms with Crippen molar-refractivity contribution in [2.24, 2.45) is 5.92 Å². The molecular formula is C16H24N2O3S. The molecule has 2 rings (SSSR count).